The van der Waals surface area contributed by atoms with Crippen LogP contribution in [0.15, 0.2) is 22.5 Å². The third-order valence-electron chi connectivity index (χ3n) is 3.02. The molecular weight excluding hydrogens is 447 g/mol. The molecule has 9 heteroatoms. The minimum atomic E-state index is -3.13. The number of thiophene rings is 1. The molecule has 1 aromatic rings. The standard InChI is InChI=1S/C14H26N4O2S2.HI/c1-4-15-14(16-8-9-18-22(19,20)5-2)17-11-12(3)13-7-6-10-21-13;/h6-7,10,12,18H,4-5,8-9,11H2,1-3H3,(H2,15,16,17);1H. The highest BCUT2D eigenvalue weighted by Gasteiger charge is 2.07. The van der Waals surface area contributed by atoms with Crippen molar-refractivity contribution in [1.29, 1.82) is 0 Å². The Morgan fingerprint density at radius 3 is 2.61 bits per heavy atom. The molecule has 0 spiro atoms. The summed E-state index contributed by atoms with van der Waals surface area (Å²) in [6.07, 6.45) is 0. The molecule has 1 aromatic heterocycles. The van der Waals surface area contributed by atoms with Crippen LogP contribution >= 0.6 is 35.3 Å². The second-order valence-electron chi connectivity index (χ2n) is 4.86. The maximum atomic E-state index is 11.3. The van der Waals surface area contributed by atoms with E-state index in [4.69, 9.17) is 0 Å². The summed E-state index contributed by atoms with van der Waals surface area (Å²) in [5.74, 6) is 1.18. The highest BCUT2D eigenvalue weighted by Crippen LogP contribution is 2.20. The third-order valence-corrected chi connectivity index (χ3v) is 5.52. The number of rotatable bonds is 9. The van der Waals surface area contributed by atoms with Gasteiger partial charge in [-0.15, -0.1) is 35.3 Å². The van der Waals surface area contributed by atoms with Crippen LogP contribution < -0.4 is 15.4 Å². The van der Waals surface area contributed by atoms with Crippen molar-refractivity contribution in [2.45, 2.75) is 26.7 Å². The zero-order chi connectivity index (χ0) is 16.4. The Hall–Kier alpha value is -0.390. The first-order valence-electron chi connectivity index (χ1n) is 7.51. The number of halogens is 1. The van der Waals surface area contributed by atoms with Crippen LogP contribution in [0.25, 0.3) is 0 Å². The lowest BCUT2D eigenvalue weighted by Gasteiger charge is -2.13. The van der Waals surface area contributed by atoms with Crippen LogP contribution in [0.3, 0.4) is 0 Å². The van der Waals surface area contributed by atoms with Crippen LogP contribution in [0, 0.1) is 0 Å². The van der Waals surface area contributed by atoms with Gasteiger partial charge in [-0.1, -0.05) is 13.0 Å². The van der Waals surface area contributed by atoms with Gasteiger partial charge in [0.2, 0.25) is 10.0 Å². The van der Waals surface area contributed by atoms with Gasteiger partial charge in [-0.05, 0) is 25.3 Å². The predicted molar refractivity (Wildman–Crippen MR) is 110 cm³/mol. The predicted octanol–water partition coefficient (Wildman–Crippen LogP) is 1.96. The Balaban J connectivity index is 0.00000484. The van der Waals surface area contributed by atoms with E-state index < -0.39 is 10.0 Å². The normalized spacial score (nSPS) is 13.3. The molecule has 0 aliphatic rings. The second-order valence-corrected chi connectivity index (χ2v) is 7.94. The smallest absolute Gasteiger partial charge is 0.211 e. The zero-order valence-corrected chi connectivity index (χ0v) is 17.8. The van der Waals surface area contributed by atoms with Gasteiger partial charge in [0.25, 0.3) is 0 Å². The molecule has 1 rings (SSSR count). The summed E-state index contributed by atoms with van der Waals surface area (Å²) in [5, 5.41) is 8.36. The summed E-state index contributed by atoms with van der Waals surface area (Å²) in [6.45, 7) is 8.07. The first kappa shape index (κ1) is 22.6. The molecule has 0 bridgehead atoms. The van der Waals surface area contributed by atoms with Crippen LogP contribution in [0.2, 0.25) is 0 Å². The molecule has 0 amide bonds. The molecule has 23 heavy (non-hydrogen) atoms. The van der Waals surface area contributed by atoms with Gasteiger partial charge in [-0.25, -0.2) is 13.1 Å². The highest BCUT2D eigenvalue weighted by molar-refractivity contribution is 14.0. The van der Waals surface area contributed by atoms with Crippen LogP contribution in [-0.4, -0.2) is 46.3 Å². The molecule has 0 saturated heterocycles. The average Bonchev–Trinajstić information content (AvgIpc) is 3.03. The summed E-state index contributed by atoms with van der Waals surface area (Å²) in [6, 6.07) is 4.16. The fourth-order valence-electron chi connectivity index (χ4n) is 1.72. The third kappa shape index (κ3) is 9.48. The number of nitrogens with zero attached hydrogens (tertiary/aromatic N) is 1. The van der Waals surface area contributed by atoms with Crippen molar-refractivity contribution < 1.29 is 8.42 Å². The molecule has 0 radical (unpaired) electrons. The van der Waals surface area contributed by atoms with Crippen molar-refractivity contribution in [3.05, 3.63) is 22.4 Å². The molecule has 3 N–H and O–H groups in total. The second kappa shape index (κ2) is 12.0. The van der Waals surface area contributed by atoms with Gasteiger partial charge < -0.3 is 10.6 Å². The van der Waals surface area contributed by atoms with Gasteiger partial charge in [-0.2, -0.15) is 0 Å². The largest absolute Gasteiger partial charge is 0.357 e. The van der Waals surface area contributed by atoms with E-state index >= 15 is 0 Å². The van der Waals surface area contributed by atoms with Crippen LogP contribution in [0.4, 0.5) is 0 Å². The van der Waals surface area contributed by atoms with Crippen molar-refractivity contribution in [3.8, 4) is 0 Å². The first-order chi connectivity index (χ1) is 10.5. The summed E-state index contributed by atoms with van der Waals surface area (Å²) in [7, 11) is -3.13. The summed E-state index contributed by atoms with van der Waals surface area (Å²) in [5.41, 5.74) is 0. The summed E-state index contributed by atoms with van der Waals surface area (Å²) in [4.78, 5) is 5.86. The lowest BCUT2D eigenvalue weighted by Crippen LogP contribution is -2.41. The molecular formula is C14H27IN4O2S2. The number of hydrogen-bond donors (Lipinski definition) is 3. The fraction of sp³-hybridized carbons (Fsp3) is 0.643. The van der Waals surface area contributed by atoms with E-state index in [1.54, 1.807) is 18.3 Å². The maximum Gasteiger partial charge on any atom is 0.211 e. The molecule has 0 saturated carbocycles. The van der Waals surface area contributed by atoms with Crippen molar-refractivity contribution in [3.63, 3.8) is 0 Å². The average molecular weight is 474 g/mol. The number of nitrogens with one attached hydrogen (secondary N) is 3. The Labute approximate surface area is 160 Å². The highest BCUT2D eigenvalue weighted by atomic mass is 127. The molecule has 0 aliphatic carbocycles. The van der Waals surface area contributed by atoms with Crippen molar-refractivity contribution in [1.82, 2.24) is 15.4 Å². The van der Waals surface area contributed by atoms with Gasteiger partial charge >= 0.3 is 0 Å². The number of aliphatic imine (C=N–C) groups is 1. The van der Waals surface area contributed by atoms with Gasteiger partial charge in [0.1, 0.15) is 0 Å². The minimum absolute atomic E-state index is 0. The van der Waals surface area contributed by atoms with Crippen molar-refractivity contribution >= 4 is 51.3 Å². The lowest BCUT2D eigenvalue weighted by molar-refractivity contribution is 0.581. The van der Waals surface area contributed by atoms with E-state index in [-0.39, 0.29) is 29.7 Å². The maximum absolute atomic E-state index is 11.3. The summed E-state index contributed by atoms with van der Waals surface area (Å²) >= 11 is 1.74. The molecule has 0 aromatic carbocycles. The zero-order valence-electron chi connectivity index (χ0n) is 13.8. The van der Waals surface area contributed by atoms with E-state index in [0.717, 1.165) is 6.54 Å². The summed E-state index contributed by atoms with van der Waals surface area (Å²) < 4.78 is 25.2. The monoisotopic (exact) mass is 474 g/mol. The number of hydrogen-bond acceptors (Lipinski definition) is 4. The lowest BCUT2D eigenvalue weighted by atomic mass is 10.1. The van der Waals surface area contributed by atoms with Gasteiger partial charge in [0.15, 0.2) is 5.96 Å². The minimum Gasteiger partial charge on any atom is -0.357 e. The molecule has 134 valence electrons. The van der Waals surface area contributed by atoms with Crippen LogP contribution in [-0.2, 0) is 10.0 Å². The molecule has 1 unspecified atom stereocenters. The van der Waals surface area contributed by atoms with E-state index in [1.165, 1.54) is 4.88 Å². The van der Waals surface area contributed by atoms with Gasteiger partial charge in [-0.3, -0.25) is 4.99 Å². The van der Waals surface area contributed by atoms with Crippen molar-refractivity contribution in [2.24, 2.45) is 4.99 Å². The van der Waals surface area contributed by atoms with E-state index in [2.05, 4.69) is 38.7 Å². The fourth-order valence-corrected chi connectivity index (χ4v) is 3.12. The van der Waals surface area contributed by atoms with Gasteiger partial charge in [0, 0.05) is 30.4 Å². The molecule has 1 heterocycles. The van der Waals surface area contributed by atoms with Gasteiger partial charge in [0.05, 0.1) is 12.3 Å². The van der Waals surface area contributed by atoms with E-state index in [0.29, 0.717) is 31.5 Å². The van der Waals surface area contributed by atoms with Crippen molar-refractivity contribution in [2.75, 3.05) is 31.9 Å². The Kier molecular flexibility index (Phi) is 11.8. The number of guanidine groups is 1. The molecule has 0 aliphatic heterocycles. The van der Waals surface area contributed by atoms with Crippen LogP contribution in [0.5, 0.6) is 0 Å². The quantitative estimate of drug-likeness (QED) is 0.221. The Morgan fingerprint density at radius 2 is 2.04 bits per heavy atom. The Bertz CT molecular complexity index is 547. The molecule has 6 nitrogen and oxygen atoms in total. The van der Waals surface area contributed by atoms with E-state index in [9.17, 15) is 8.42 Å². The van der Waals surface area contributed by atoms with E-state index in [1.807, 2.05) is 13.0 Å². The molecule has 1 atom stereocenters. The molecule has 0 fully saturated rings. The van der Waals surface area contributed by atoms with Crippen LogP contribution in [0.1, 0.15) is 31.6 Å². The number of sulfonamides is 1. The Morgan fingerprint density at radius 1 is 1.30 bits per heavy atom. The first-order valence-corrected chi connectivity index (χ1v) is 10.0. The topological polar surface area (TPSA) is 82.6 Å². The SMILES string of the molecule is CCNC(=NCC(C)c1cccs1)NCCNS(=O)(=O)CC.I.